The topological polar surface area (TPSA) is 38.7 Å². The van der Waals surface area contributed by atoms with Crippen LogP contribution in [0.3, 0.4) is 0 Å². The minimum atomic E-state index is -0.772. The van der Waals surface area contributed by atoms with Crippen LogP contribution < -0.4 is 9.47 Å². The van der Waals surface area contributed by atoms with Crippen LogP contribution in [0.5, 0.6) is 11.5 Å². The number of benzene rings is 2. The molecule has 0 aliphatic heterocycles. The van der Waals surface area contributed by atoms with Gasteiger partial charge in [0, 0.05) is 11.1 Å². The summed E-state index contributed by atoms with van der Waals surface area (Å²) in [6.07, 6.45) is -0.772. The first-order valence-corrected chi connectivity index (χ1v) is 6.13. The van der Waals surface area contributed by atoms with Crippen LogP contribution in [0.1, 0.15) is 22.8 Å². The number of aryl methyl sites for hydroxylation is 1. The maximum Gasteiger partial charge on any atom is 0.125 e. The van der Waals surface area contributed by atoms with Gasteiger partial charge in [0.1, 0.15) is 17.6 Å². The Balaban J connectivity index is 2.49. The largest absolute Gasteiger partial charge is 0.496 e. The zero-order valence-electron chi connectivity index (χ0n) is 11.4. The molecule has 1 N–H and O–H groups in total. The van der Waals surface area contributed by atoms with E-state index in [4.69, 9.17) is 9.47 Å². The summed E-state index contributed by atoms with van der Waals surface area (Å²) in [7, 11) is 3.20. The second-order valence-electron chi connectivity index (χ2n) is 4.39. The third-order valence-electron chi connectivity index (χ3n) is 3.11. The standard InChI is InChI=1S/C16H18O3/c1-11-8-9-15(19-3)13(10-11)16(17)12-6-4-5-7-14(12)18-2/h4-10,16-17H,1-3H3. The molecule has 0 aliphatic carbocycles. The lowest BCUT2D eigenvalue weighted by molar-refractivity contribution is 0.209. The fraction of sp³-hybridized carbons (Fsp3) is 0.250. The molecule has 3 heteroatoms. The highest BCUT2D eigenvalue weighted by molar-refractivity contribution is 5.46. The average Bonchev–Trinajstić information content (AvgIpc) is 2.46. The van der Waals surface area contributed by atoms with E-state index in [1.165, 1.54) is 0 Å². The zero-order chi connectivity index (χ0) is 13.8. The van der Waals surface area contributed by atoms with Crippen molar-refractivity contribution >= 4 is 0 Å². The fourth-order valence-electron chi connectivity index (χ4n) is 2.13. The number of para-hydroxylation sites is 1. The average molecular weight is 258 g/mol. The molecule has 0 bridgehead atoms. The van der Waals surface area contributed by atoms with E-state index in [1.54, 1.807) is 14.2 Å². The zero-order valence-corrected chi connectivity index (χ0v) is 11.4. The van der Waals surface area contributed by atoms with Gasteiger partial charge in [0.2, 0.25) is 0 Å². The molecule has 2 rings (SSSR count). The molecule has 1 unspecified atom stereocenters. The third-order valence-corrected chi connectivity index (χ3v) is 3.11. The SMILES string of the molecule is COc1ccccc1C(O)c1cc(C)ccc1OC. The van der Waals surface area contributed by atoms with Crippen LogP contribution in [-0.4, -0.2) is 19.3 Å². The first kappa shape index (κ1) is 13.4. The van der Waals surface area contributed by atoms with Crippen molar-refractivity contribution in [3.05, 3.63) is 59.2 Å². The van der Waals surface area contributed by atoms with E-state index in [0.29, 0.717) is 11.5 Å². The third kappa shape index (κ3) is 2.71. The van der Waals surface area contributed by atoms with Crippen LogP contribution in [0.4, 0.5) is 0 Å². The molecule has 0 aromatic heterocycles. The molecule has 0 amide bonds. The molecule has 100 valence electrons. The van der Waals surface area contributed by atoms with Gasteiger partial charge < -0.3 is 14.6 Å². The molecule has 19 heavy (non-hydrogen) atoms. The predicted octanol–water partition coefficient (Wildman–Crippen LogP) is 3.09. The van der Waals surface area contributed by atoms with Gasteiger partial charge in [0.25, 0.3) is 0 Å². The van der Waals surface area contributed by atoms with Gasteiger partial charge in [-0.3, -0.25) is 0 Å². The normalized spacial score (nSPS) is 12.0. The monoisotopic (exact) mass is 258 g/mol. The van der Waals surface area contributed by atoms with Crippen LogP contribution in [0.2, 0.25) is 0 Å². The molecule has 2 aromatic carbocycles. The Kier molecular flexibility index (Phi) is 4.07. The molecule has 0 spiro atoms. The van der Waals surface area contributed by atoms with Gasteiger partial charge in [-0.2, -0.15) is 0 Å². The van der Waals surface area contributed by atoms with Gasteiger partial charge in [-0.15, -0.1) is 0 Å². The van der Waals surface area contributed by atoms with Gasteiger partial charge in [0.15, 0.2) is 0 Å². The Hall–Kier alpha value is -2.00. The summed E-state index contributed by atoms with van der Waals surface area (Å²) < 4.78 is 10.6. The maximum atomic E-state index is 10.6. The molecule has 2 aromatic rings. The van der Waals surface area contributed by atoms with Crippen LogP contribution in [-0.2, 0) is 0 Å². The van der Waals surface area contributed by atoms with Crippen LogP contribution >= 0.6 is 0 Å². The number of ether oxygens (including phenoxy) is 2. The lowest BCUT2D eigenvalue weighted by Gasteiger charge is -2.18. The summed E-state index contributed by atoms with van der Waals surface area (Å²) in [5, 5.41) is 10.6. The van der Waals surface area contributed by atoms with E-state index in [1.807, 2.05) is 49.4 Å². The summed E-state index contributed by atoms with van der Waals surface area (Å²) >= 11 is 0. The lowest BCUT2D eigenvalue weighted by atomic mass is 9.98. The summed E-state index contributed by atoms with van der Waals surface area (Å²) in [5.74, 6) is 1.34. The van der Waals surface area contributed by atoms with Gasteiger partial charge in [0.05, 0.1) is 14.2 Å². The fourth-order valence-corrected chi connectivity index (χ4v) is 2.13. The first-order chi connectivity index (χ1) is 9.17. The second kappa shape index (κ2) is 5.76. The molecule has 0 fully saturated rings. The summed E-state index contributed by atoms with van der Waals surface area (Å²) in [6, 6.07) is 13.2. The highest BCUT2D eigenvalue weighted by Crippen LogP contribution is 2.34. The van der Waals surface area contributed by atoms with Crippen molar-refractivity contribution in [2.45, 2.75) is 13.0 Å². The molecule has 3 nitrogen and oxygen atoms in total. The molecular weight excluding hydrogens is 240 g/mol. The van der Waals surface area contributed by atoms with Crippen molar-refractivity contribution in [3.8, 4) is 11.5 Å². The van der Waals surface area contributed by atoms with Crippen molar-refractivity contribution in [2.24, 2.45) is 0 Å². The predicted molar refractivity (Wildman–Crippen MR) is 74.8 cm³/mol. The molecule has 0 aliphatic rings. The van der Waals surface area contributed by atoms with Gasteiger partial charge in [-0.1, -0.05) is 29.8 Å². The van der Waals surface area contributed by atoms with Crippen molar-refractivity contribution < 1.29 is 14.6 Å². The van der Waals surface area contributed by atoms with Gasteiger partial charge in [-0.05, 0) is 25.1 Å². The van der Waals surface area contributed by atoms with Crippen molar-refractivity contribution in [1.82, 2.24) is 0 Å². The van der Waals surface area contributed by atoms with E-state index in [0.717, 1.165) is 16.7 Å². The number of hydrogen-bond acceptors (Lipinski definition) is 3. The highest BCUT2D eigenvalue weighted by Gasteiger charge is 2.18. The minimum absolute atomic E-state index is 0.665. The second-order valence-corrected chi connectivity index (χ2v) is 4.39. The lowest BCUT2D eigenvalue weighted by Crippen LogP contribution is -2.04. The van der Waals surface area contributed by atoms with E-state index >= 15 is 0 Å². The van der Waals surface area contributed by atoms with Crippen LogP contribution in [0.25, 0.3) is 0 Å². The number of methoxy groups -OCH3 is 2. The molecular formula is C16H18O3. The quantitative estimate of drug-likeness (QED) is 0.915. The van der Waals surface area contributed by atoms with Crippen molar-refractivity contribution in [2.75, 3.05) is 14.2 Å². The number of rotatable bonds is 4. The van der Waals surface area contributed by atoms with Crippen molar-refractivity contribution in [3.63, 3.8) is 0 Å². The van der Waals surface area contributed by atoms with Gasteiger partial charge >= 0.3 is 0 Å². The molecule has 0 heterocycles. The van der Waals surface area contributed by atoms with Crippen LogP contribution in [0, 0.1) is 6.92 Å². The Morgan fingerprint density at radius 3 is 2.21 bits per heavy atom. The Labute approximate surface area is 113 Å². The number of aliphatic hydroxyl groups excluding tert-OH is 1. The van der Waals surface area contributed by atoms with E-state index in [2.05, 4.69) is 0 Å². The van der Waals surface area contributed by atoms with Gasteiger partial charge in [-0.25, -0.2) is 0 Å². The minimum Gasteiger partial charge on any atom is -0.496 e. The van der Waals surface area contributed by atoms with E-state index in [-0.39, 0.29) is 0 Å². The van der Waals surface area contributed by atoms with E-state index < -0.39 is 6.10 Å². The maximum absolute atomic E-state index is 10.6. The highest BCUT2D eigenvalue weighted by atomic mass is 16.5. The summed E-state index contributed by atoms with van der Waals surface area (Å²) in [5.41, 5.74) is 2.55. The smallest absolute Gasteiger partial charge is 0.125 e. The summed E-state index contributed by atoms with van der Waals surface area (Å²) in [4.78, 5) is 0. The van der Waals surface area contributed by atoms with Crippen LogP contribution in [0.15, 0.2) is 42.5 Å². The molecule has 0 radical (unpaired) electrons. The number of hydrogen-bond donors (Lipinski definition) is 1. The van der Waals surface area contributed by atoms with E-state index in [9.17, 15) is 5.11 Å². The Morgan fingerprint density at radius 1 is 0.895 bits per heavy atom. The molecule has 1 atom stereocenters. The Morgan fingerprint density at radius 2 is 1.53 bits per heavy atom. The first-order valence-electron chi connectivity index (χ1n) is 6.13. The van der Waals surface area contributed by atoms with Crippen molar-refractivity contribution in [1.29, 1.82) is 0 Å². The Bertz CT molecular complexity index is 564. The molecule has 0 saturated heterocycles. The number of aliphatic hydroxyl groups is 1. The summed E-state index contributed by atoms with van der Waals surface area (Å²) in [6.45, 7) is 1.98. The molecule has 0 saturated carbocycles.